The number of benzene rings is 2. The average Bonchev–Trinajstić information content (AvgIpc) is 2.55. The minimum Gasteiger partial charge on any atom is -0.486 e. The first-order valence-corrected chi connectivity index (χ1v) is 7.34. The first kappa shape index (κ1) is 14.4. The molecule has 0 saturated heterocycles. The first-order chi connectivity index (χ1) is 10.6. The number of nitrogens with one attached hydrogen (secondary N) is 1. The van der Waals surface area contributed by atoms with Gasteiger partial charge in [-0.3, -0.25) is 4.79 Å². The number of hydrogen-bond donors (Lipinski definition) is 1. The molecule has 1 aliphatic rings. The van der Waals surface area contributed by atoms with Crippen LogP contribution in [0.5, 0.6) is 11.5 Å². The Labute approximate surface area is 130 Å². The Balaban J connectivity index is 1.82. The van der Waals surface area contributed by atoms with Crippen molar-refractivity contribution >= 4 is 5.91 Å². The van der Waals surface area contributed by atoms with Crippen molar-refractivity contribution in [3.05, 3.63) is 59.7 Å². The van der Waals surface area contributed by atoms with Crippen LogP contribution < -0.4 is 14.8 Å². The summed E-state index contributed by atoms with van der Waals surface area (Å²) < 4.78 is 11.1. The van der Waals surface area contributed by atoms with Gasteiger partial charge in [0.15, 0.2) is 11.5 Å². The first-order valence-electron chi connectivity index (χ1n) is 7.34. The summed E-state index contributed by atoms with van der Waals surface area (Å²) in [5.41, 5.74) is 1.11. The molecule has 2 aromatic rings. The van der Waals surface area contributed by atoms with E-state index in [0.717, 1.165) is 17.1 Å². The second-order valence-electron chi connectivity index (χ2n) is 5.80. The number of fused-ring (bicyclic) bond motifs is 1. The predicted molar refractivity (Wildman–Crippen MR) is 84.4 cm³/mol. The van der Waals surface area contributed by atoms with Gasteiger partial charge in [0.05, 0.1) is 5.54 Å². The maximum Gasteiger partial charge on any atom is 0.251 e. The number of carbonyl (C=O) groups excluding carboxylic acids is 1. The van der Waals surface area contributed by atoms with Gasteiger partial charge < -0.3 is 14.8 Å². The number of rotatable bonds is 3. The van der Waals surface area contributed by atoms with Crippen molar-refractivity contribution in [2.45, 2.75) is 19.4 Å². The lowest BCUT2D eigenvalue weighted by Gasteiger charge is -2.28. The molecule has 3 rings (SSSR count). The van der Waals surface area contributed by atoms with Crippen LogP contribution in [0.3, 0.4) is 0 Å². The topological polar surface area (TPSA) is 47.6 Å². The Bertz CT molecular complexity index is 680. The predicted octanol–water partition coefficient (Wildman–Crippen LogP) is 3.12. The van der Waals surface area contributed by atoms with Gasteiger partial charge in [0.25, 0.3) is 5.91 Å². The highest BCUT2D eigenvalue weighted by Crippen LogP contribution is 2.34. The van der Waals surface area contributed by atoms with E-state index in [0.29, 0.717) is 18.8 Å². The molecule has 0 spiro atoms. The van der Waals surface area contributed by atoms with Crippen molar-refractivity contribution in [3.8, 4) is 11.5 Å². The van der Waals surface area contributed by atoms with E-state index in [2.05, 4.69) is 5.32 Å². The highest BCUT2D eigenvalue weighted by atomic mass is 16.6. The van der Waals surface area contributed by atoms with E-state index >= 15 is 0 Å². The molecular formula is C18H19NO3. The van der Waals surface area contributed by atoms with Crippen molar-refractivity contribution in [1.82, 2.24) is 5.32 Å². The van der Waals surface area contributed by atoms with Gasteiger partial charge in [-0.15, -0.1) is 0 Å². The number of amides is 1. The summed E-state index contributed by atoms with van der Waals surface area (Å²) in [6, 6.07) is 15.0. The van der Waals surface area contributed by atoms with E-state index in [9.17, 15) is 4.79 Å². The highest BCUT2D eigenvalue weighted by Gasteiger charge is 2.25. The minimum atomic E-state index is -0.511. The summed E-state index contributed by atoms with van der Waals surface area (Å²) in [4.78, 5) is 12.4. The van der Waals surface area contributed by atoms with Crippen LogP contribution in [0.2, 0.25) is 0 Å². The van der Waals surface area contributed by atoms with Gasteiger partial charge in [-0.25, -0.2) is 0 Å². The summed E-state index contributed by atoms with van der Waals surface area (Å²) in [6.45, 7) is 5.06. The molecule has 0 fully saturated rings. The third-order valence-electron chi connectivity index (χ3n) is 3.73. The molecule has 0 aliphatic carbocycles. The van der Waals surface area contributed by atoms with Gasteiger partial charge in [-0.05, 0) is 43.7 Å². The van der Waals surface area contributed by atoms with Crippen LogP contribution in [0.25, 0.3) is 0 Å². The van der Waals surface area contributed by atoms with Crippen LogP contribution in [-0.4, -0.2) is 19.1 Å². The fourth-order valence-electron chi connectivity index (χ4n) is 2.45. The molecular weight excluding hydrogens is 278 g/mol. The van der Waals surface area contributed by atoms with Crippen LogP contribution in [0.15, 0.2) is 48.5 Å². The molecule has 1 amide bonds. The fraction of sp³-hybridized carbons (Fsp3) is 0.278. The van der Waals surface area contributed by atoms with E-state index in [4.69, 9.17) is 9.47 Å². The molecule has 0 saturated carbocycles. The van der Waals surface area contributed by atoms with E-state index in [1.807, 2.05) is 50.2 Å². The van der Waals surface area contributed by atoms with E-state index < -0.39 is 5.54 Å². The second kappa shape index (κ2) is 5.72. The van der Waals surface area contributed by atoms with Crippen molar-refractivity contribution in [3.63, 3.8) is 0 Å². The molecule has 4 nitrogen and oxygen atoms in total. The Morgan fingerprint density at radius 2 is 1.68 bits per heavy atom. The Kier molecular flexibility index (Phi) is 3.75. The van der Waals surface area contributed by atoms with Gasteiger partial charge in [0.1, 0.15) is 13.2 Å². The largest absolute Gasteiger partial charge is 0.486 e. The quantitative estimate of drug-likeness (QED) is 0.947. The van der Waals surface area contributed by atoms with E-state index in [1.54, 1.807) is 12.1 Å². The lowest BCUT2D eigenvalue weighted by atomic mass is 9.93. The highest BCUT2D eigenvalue weighted by molar-refractivity contribution is 5.94. The molecule has 0 atom stereocenters. The molecule has 0 unspecified atom stereocenters. The van der Waals surface area contributed by atoms with Crippen LogP contribution in [0.4, 0.5) is 0 Å². The van der Waals surface area contributed by atoms with Gasteiger partial charge in [0.2, 0.25) is 0 Å². The zero-order chi connectivity index (χ0) is 15.6. The van der Waals surface area contributed by atoms with Gasteiger partial charge >= 0.3 is 0 Å². The van der Waals surface area contributed by atoms with Crippen molar-refractivity contribution in [2.75, 3.05) is 13.2 Å². The van der Waals surface area contributed by atoms with Crippen molar-refractivity contribution < 1.29 is 14.3 Å². The third kappa shape index (κ3) is 2.91. The molecule has 1 aliphatic heterocycles. The molecule has 0 radical (unpaired) electrons. The minimum absolute atomic E-state index is 0.0968. The number of hydrogen-bond acceptors (Lipinski definition) is 3. The van der Waals surface area contributed by atoms with Crippen molar-refractivity contribution in [2.24, 2.45) is 0 Å². The molecule has 4 heteroatoms. The van der Waals surface area contributed by atoms with Crippen LogP contribution in [0, 0.1) is 0 Å². The fourth-order valence-corrected chi connectivity index (χ4v) is 2.45. The number of carbonyl (C=O) groups is 1. The van der Waals surface area contributed by atoms with E-state index in [1.165, 1.54) is 0 Å². The summed E-state index contributed by atoms with van der Waals surface area (Å²) >= 11 is 0. The maximum absolute atomic E-state index is 12.4. The maximum atomic E-state index is 12.4. The smallest absolute Gasteiger partial charge is 0.251 e. The van der Waals surface area contributed by atoms with Gasteiger partial charge in [-0.2, -0.15) is 0 Å². The second-order valence-corrected chi connectivity index (χ2v) is 5.80. The van der Waals surface area contributed by atoms with Crippen molar-refractivity contribution in [1.29, 1.82) is 0 Å². The summed E-state index contributed by atoms with van der Waals surface area (Å²) in [5, 5.41) is 3.06. The van der Waals surface area contributed by atoms with Gasteiger partial charge in [-0.1, -0.05) is 24.3 Å². The molecule has 2 aromatic carbocycles. The third-order valence-corrected chi connectivity index (χ3v) is 3.73. The monoisotopic (exact) mass is 297 g/mol. The lowest BCUT2D eigenvalue weighted by Crippen LogP contribution is -2.41. The normalized spacial score (nSPS) is 13.5. The molecule has 22 heavy (non-hydrogen) atoms. The molecule has 114 valence electrons. The average molecular weight is 297 g/mol. The zero-order valence-corrected chi connectivity index (χ0v) is 12.8. The Hall–Kier alpha value is -2.49. The van der Waals surface area contributed by atoms with Gasteiger partial charge in [0, 0.05) is 5.56 Å². The lowest BCUT2D eigenvalue weighted by molar-refractivity contribution is 0.0911. The summed E-state index contributed by atoms with van der Waals surface area (Å²) in [6.07, 6.45) is 0. The number of ether oxygens (including phenoxy) is 2. The van der Waals surface area contributed by atoms with Crippen LogP contribution >= 0.6 is 0 Å². The molecule has 1 N–H and O–H groups in total. The molecule has 0 bridgehead atoms. The molecule has 1 heterocycles. The SMILES string of the molecule is CC(C)(NC(=O)c1ccccc1)c1ccc2c(c1)OCCO2. The Morgan fingerprint density at radius 3 is 2.41 bits per heavy atom. The zero-order valence-electron chi connectivity index (χ0n) is 12.8. The molecule has 0 aromatic heterocycles. The Morgan fingerprint density at radius 1 is 1.00 bits per heavy atom. The standard InChI is InChI=1S/C18H19NO3/c1-18(2,19-17(20)13-6-4-3-5-7-13)14-8-9-15-16(12-14)22-11-10-21-15/h3-9,12H,10-11H2,1-2H3,(H,19,20). The summed E-state index contributed by atoms with van der Waals surface area (Å²) in [7, 11) is 0. The van der Waals surface area contributed by atoms with E-state index in [-0.39, 0.29) is 5.91 Å². The van der Waals surface area contributed by atoms with Crippen LogP contribution in [0.1, 0.15) is 29.8 Å². The summed E-state index contributed by atoms with van der Waals surface area (Å²) in [5.74, 6) is 1.38. The van der Waals surface area contributed by atoms with Crippen LogP contribution in [-0.2, 0) is 5.54 Å².